The van der Waals surface area contributed by atoms with Crippen molar-refractivity contribution < 1.29 is 19.0 Å². The minimum absolute atomic E-state index is 0.0690. The molecule has 0 atom stereocenters. The van der Waals surface area contributed by atoms with Gasteiger partial charge in [0.2, 0.25) is 0 Å². The molecule has 4 rings (SSSR count). The van der Waals surface area contributed by atoms with Crippen molar-refractivity contribution in [1.82, 2.24) is 5.32 Å². The highest BCUT2D eigenvalue weighted by Crippen LogP contribution is 2.44. The second-order valence-electron chi connectivity index (χ2n) is 7.13. The van der Waals surface area contributed by atoms with E-state index >= 15 is 0 Å². The largest absolute Gasteiger partial charge is 0.497 e. The van der Waals surface area contributed by atoms with Gasteiger partial charge in [-0.2, -0.15) is 0 Å². The Morgan fingerprint density at radius 2 is 1.57 bits per heavy atom. The van der Waals surface area contributed by atoms with Gasteiger partial charge in [-0.3, -0.25) is 0 Å². The topological polar surface area (TPSA) is 56.8 Å². The van der Waals surface area contributed by atoms with E-state index in [0.29, 0.717) is 26.2 Å². The van der Waals surface area contributed by atoms with Crippen LogP contribution in [0.1, 0.15) is 23.5 Å². The number of carbonyl (C=O) groups is 1. The van der Waals surface area contributed by atoms with Gasteiger partial charge in [0.1, 0.15) is 18.1 Å². The molecule has 3 aromatic carbocycles. The molecule has 0 aliphatic heterocycles. The number of benzene rings is 3. The molecule has 30 heavy (non-hydrogen) atoms. The molecule has 3 aromatic rings. The average Bonchev–Trinajstić information content (AvgIpc) is 3.11. The number of hydrogen-bond acceptors (Lipinski definition) is 4. The molecular formula is C25H25NO4. The number of carbonyl (C=O) groups excluding carboxylic acids is 1. The monoisotopic (exact) mass is 403 g/mol. The minimum atomic E-state index is -0.404. The molecule has 0 bridgehead atoms. The van der Waals surface area contributed by atoms with Gasteiger partial charge >= 0.3 is 6.09 Å². The van der Waals surface area contributed by atoms with Crippen LogP contribution < -0.4 is 14.8 Å². The maximum atomic E-state index is 12.1. The summed E-state index contributed by atoms with van der Waals surface area (Å²) in [5.41, 5.74) is 4.85. The second-order valence-corrected chi connectivity index (χ2v) is 7.13. The molecule has 5 nitrogen and oxygen atoms in total. The number of fused-ring (bicyclic) bond motifs is 3. The molecule has 1 aliphatic rings. The molecule has 0 saturated heterocycles. The summed E-state index contributed by atoms with van der Waals surface area (Å²) in [4.78, 5) is 12.1. The fraction of sp³-hybridized carbons (Fsp3) is 0.240. The lowest BCUT2D eigenvalue weighted by Crippen LogP contribution is -2.27. The molecule has 0 heterocycles. The third kappa shape index (κ3) is 4.40. The second kappa shape index (κ2) is 9.35. The average molecular weight is 403 g/mol. The SMILES string of the molecule is COc1cccc(OCCCNC(=O)OCC2c3ccccc3-c3ccccc32)c1. The standard InChI is InChI=1S/C25H25NO4/c1-28-18-8-6-9-19(16-18)29-15-7-14-26-25(27)30-17-24-22-12-4-2-10-20(22)21-11-3-5-13-23(21)24/h2-6,8-13,16,24H,7,14-15,17H2,1H3,(H,26,27). The van der Waals surface area contributed by atoms with E-state index in [4.69, 9.17) is 14.2 Å². The summed E-state index contributed by atoms with van der Waals surface area (Å²) in [6.07, 6.45) is 0.278. The Bertz CT molecular complexity index is 972. The van der Waals surface area contributed by atoms with Crippen molar-refractivity contribution in [2.75, 3.05) is 26.9 Å². The summed E-state index contributed by atoms with van der Waals surface area (Å²) in [5, 5.41) is 2.80. The van der Waals surface area contributed by atoms with Gasteiger partial charge in [-0.1, -0.05) is 54.6 Å². The predicted molar refractivity (Wildman–Crippen MR) is 116 cm³/mol. The van der Waals surface area contributed by atoms with Crippen LogP contribution in [0.2, 0.25) is 0 Å². The highest BCUT2D eigenvalue weighted by Gasteiger charge is 2.28. The first kappa shape index (κ1) is 19.8. The zero-order chi connectivity index (χ0) is 20.8. The van der Waals surface area contributed by atoms with Crippen LogP contribution in [-0.2, 0) is 4.74 Å². The van der Waals surface area contributed by atoms with Gasteiger partial charge in [0.25, 0.3) is 0 Å². The van der Waals surface area contributed by atoms with Crippen LogP contribution >= 0.6 is 0 Å². The number of methoxy groups -OCH3 is 1. The third-order valence-corrected chi connectivity index (χ3v) is 5.24. The molecule has 0 aromatic heterocycles. The number of amides is 1. The van der Waals surface area contributed by atoms with Crippen molar-refractivity contribution in [3.63, 3.8) is 0 Å². The minimum Gasteiger partial charge on any atom is -0.497 e. The molecule has 0 saturated carbocycles. The Labute approximate surface area is 176 Å². The summed E-state index contributed by atoms with van der Waals surface area (Å²) >= 11 is 0. The first-order valence-electron chi connectivity index (χ1n) is 10.1. The van der Waals surface area contributed by atoms with E-state index in [1.165, 1.54) is 22.3 Å². The maximum absolute atomic E-state index is 12.1. The molecule has 1 N–H and O–H groups in total. The van der Waals surface area contributed by atoms with Crippen molar-refractivity contribution in [1.29, 1.82) is 0 Å². The Morgan fingerprint density at radius 1 is 0.900 bits per heavy atom. The summed E-state index contributed by atoms with van der Waals surface area (Å²) in [6, 6.07) is 24.1. The lowest BCUT2D eigenvalue weighted by Gasteiger charge is -2.14. The van der Waals surface area contributed by atoms with Gasteiger partial charge < -0.3 is 19.5 Å². The van der Waals surface area contributed by atoms with Crippen molar-refractivity contribution >= 4 is 6.09 Å². The Morgan fingerprint density at radius 3 is 2.27 bits per heavy atom. The summed E-state index contributed by atoms with van der Waals surface area (Å²) in [5.74, 6) is 1.57. The Balaban J connectivity index is 1.23. The highest BCUT2D eigenvalue weighted by atomic mass is 16.5. The first-order chi connectivity index (χ1) is 14.8. The van der Waals surface area contributed by atoms with E-state index in [1.54, 1.807) is 7.11 Å². The van der Waals surface area contributed by atoms with E-state index in [0.717, 1.165) is 11.5 Å². The molecule has 0 spiro atoms. The molecule has 0 radical (unpaired) electrons. The van der Waals surface area contributed by atoms with Crippen molar-refractivity contribution in [3.8, 4) is 22.6 Å². The van der Waals surface area contributed by atoms with Crippen molar-refractivity contribution in [2.45, 2.75) is 12.3 Å². The molecule has 1 amide bonds. The quantitative estimate of drug-likeness (QED) is 0.538. The zero-order valence-electron chi connectivity index (χ0n) is 17.0. The van der Waals surface area contributed by atoms with Gasteiger partial charge in [0, 0.05) is 18.5 Å². The third-order valence-electron chi connectivity index (χ3n) is 5.24. The van der Waals surface area contributed by atoms with E-state index in [1.807, 2.05) is 48.5 Å². The van der Waals surface area contributed by atoms with Gasteiger partial charge in [0.05, 0.1) is 13.7 Å². The van der Waals surface area contributed by atoms with E-state index in [2.05, 4.69) is 29.6 Å². The molecular weight excluding hydrogens is 378 g/mol. The molecule has 0 fully saturated rings. The van der Waals surface area contributed by atoms with Crippen molar-refractivity contribution in [2.24, 2.45) is 0 Å². The zero-order valence-corrected chi connectivity index (χ0v) is 17.0. The fourth-order valence-corrected chi connectivity index (χ4v) is 3.79. The molecule has 154 valence electrons. The van der Waals surface area contributed by atoms with Gasteiger partial charge in [0.15, 0.2) is 0 Å². The Kier molecular flexibility index (Phi) is 6.18. The number of nitrogens with one attached hydrogen (secondary N) is 1. The molecule has 1 aliphatic carbocycles. The number of rotatable bonds is 8. The normalized spacial score (nSPS) is 12.0. The summed E-state index contributed by atoms with van der Waals surface area (Å²) in [7, 11) is 1.62. The highest BCUT2D eigenvalue weighted by molar-refractivity contribution is 5.79. The van der Waals surface area contributed by atoms with E-state index in [9.17, 15) is 4.79 Å². The van der Waals surface area contributed by atoms with Crippen LogP contribution in [0.15, 0.2) is 72.8 Å². The smallest absolute Gasteiger partial charge is 0.407 e. The fourth-order valence-electron chi connectivity index (χ4n) is 3.79. The maximum Gasteiger partial charge on any atom is 0.407 e. The van der Waals surface area contributed by atoms with Gasteiger partial charge in [-0.05, 0) is 40.8 Å². The van der Waals surface area contributed by atoms with Crippen LogP contribution in [-0.4, -0.2) is 33.0 Å². The lowest BCUT2D eigenvalue weighted by molar-refractivity contribution is 0.142. The van der Waals surface area contributed by atoms with E-state index < -0.39 is 6.09 Å². The molecule has 5 heteroatoms. The number of alkyl carbamates (subject to hydrolysis) is 1. The predicted octanol–water partition coefficient (Wildman–Crippen LogP) is 5.00. The number of ether oxygens (including phenoxy) is 3. The molecule has 0 unspecified atom stereocenters. The summed E-state index contributed by atoms with van der Waals surface area (Å²) < 4.78 is 16.4. The van der Waals surface area contributed by atoms with Gasteiger partial charge in [-0.15, -0.1) is 0 Å². The van der Waals surface area contributed by atoms with Crippen molar-refractivity contribution in [3.05, 3.63) is 83.9 Å². The van der Waals surface area contributed by atoms with Crippen LogP contribution in [0, 0.1) is 0 Å². The van der Waals surface area contributed by atoms with Crippen LogP contribution in [0.3, 0.4) is 0 Å². The van der Waals surface area contributed by atoms with E-state index in [-0.39, 0.29) is 5.92 Å². The van der Waals surface area contributed by atoms with Crippen LogP contribution in [0.4, 0.5) is 4.79 Å². The Hall–Kier alpha value is -3.47. The number of hydrogen-bond donors (Lipinski definition) is 1. The lowest BCUT2D eigenvalue weighted by atomic mass is 9.98. The van der Waals surface area contributed by atoms with Gasteiger partial charge in [-0.25, -0.2) is 4.79 Å². The summed E-state index contributed by atoms with van der Waals surface area (Å²) in [6.45, 7) is 1.30. The van der Waals surface area contributed by atoms with Crippen LogP contribution in [0.25, 0.3) is 11.1 Å². The first-order valence-corrected chi connectivity index (χ1v) is 10.1. The van der Waals surface area contributed by atoms with Crippen LogP contribution in [0.5, 0.6) is 11.5 Å².